The van der Waals surface area contributed by atoms with Gasteiger partial charge in [-0.05, 0) is 55.6 Å². The topological polar surface area (TPSA) is 76.9 Å². The second-order valence-corrected chi connectivity index (χ2v) is 6.98. The third kappa shape index (κ3) is 5.44. The van der Waals surface area contributed by atoms with Gasteiger partial charge in [0.25, 0.3) is 0 Å². The van der Waals surface area contributed by atoms with Crippen molar-refractivity contribution in [2.24, 2.45) is 0 Å². The molecule has 0 amide bonds. The van der Waals surface area contributed by atoms with E-state index < -0.39 is 5.97 Å². The van der Waals surface area contributed by atoms with Gasteiger partial charge in [0.2, 0.25) is 0 Å². The Kier molecular flexibility index (Phi) is 6.65. The van der Waals surface area contributed by atoms with Crippen molar-refractivity contribution >= 4 is 11.8 Å². The number of anilines is 1. The smallest absolute Gasteiger partial charge is 0.339 e. The predicted molar refractivity (Wildman–Crippen MR) is 106 cm³/mol. The van der Waals surface area contributed by atoms with Crippen LogP contribution in [0.4, 0.5) is 5.82 Å². The van der Waals surface area contributed by atoms with Gasteiger partial charge >= 0.3 is 5.97 Å². The molecule has 144 valence electrons. The van der Waals surface area contributed by atoms with Crippen LogP contribution in [0, 0.1) is 0 Å². The zero-order valence-corrected chi connectivity index (χ0v) is 15.5. The summed E-state index contributed by atoms with van der Waals surface area (Å²) in [6, 6.07) is 10.9. The van der Waals surface area contributed by atoms with Crippen LogP contribution in [0.15, 0.2) is 42.6 Å². The molecule has 6 nitrogen and oxygen atoms in total. The van der Waals surface area contributed by atoms with E-state index in [4.69, 9.17) is 5.11 Å². The summed E-state index contributed by atoms with van der Waals surface area (Å²) in [7, 11) is 0. The zero-order chi connectivity index (χ0) is 19.1. The molecule has 0 saturated carbocycles. The van der Waals surface area contributed by atoms with Crippen LogP contribution in [0.2, 0.25) is 0 Å². The molecule has 1 fully saturated rings. The molecule has 1 saturated heterocycles. The summed E-state index contributed by atoms with van der Waals surface area (Å²) in [4.78, 5) is 20.3. The minimum atomic E-state index is -1.08. The number of nitrogens with zero attached hydrogens (tertiary/aromatic N) is 3. The van der Waals surface area contributed by atoms with Crippen LogP contribution in [0.3, 0.4) is 0 Å². The monoisotopic (exact) mass is 369 g/mol. The maximum Gasteiger partial charge on any atom is 0.339 e. The molecular formula is C21H27N3O3. The van der Waals surface area contributed by atoms with Gasteiger partial charge in [0.15, 0.2) is 0 Å². The van der Waals surface area contributed by atoms with Crippen molar-refractivity contribution < 1.29 is 15.0 Å². The number of carbonyl (C=O) groups is 1. The Morgan fingerprint density at radius 1 is 1.04 bits per heavy atom. The maximum atomic E-state index is 11.1. The number of rotatable bonds is 8. The molecule has 27 heavy (non-hydrogen) atoms. The summed E-state index contributed by atoms with van der Waals surface area (Å²) in [6.07, 6.45) is 5.97. The minimum Gasteiger partial charge on any atom is -0.507 e. The maximum absolute atomic E-state index is 11.1. The Labute approximate surface area is 160 Å². The van der Waals surface area contributed by atoms with E-state index in [0.717, 1.165) is 69.8 Å². The molecule has 0 aliphatic carbocycles. The number of piperazine rings is 1. The van der Waals surface area contributed by atoms with Gasteiger partial charge in [0.05, 0.1) is 0 Å². The molecule has 0 unspecified atom stereocenters. The summed E-state index contributed by atoms with van der Waals surface area (Å²) in [5.74, 6) is -0.193. The van der Waals surface area contributed by atoms with Crippen molar-refractivity contribution in [1.29, 1.82) is 0 Å². The number of carboxylic acid groups (broad SMARTS) is 1. The molecular weight excluding hydrogens is 342 g/mol. The summed E-state index contributed by atoms with van der Waals surface area (Å²) >= 11 is 0. The molecule has 2 heterocycles. The molecule has 2 N–H and O–H groups in total. The number of aromatic nitrogens is 1. The van der Waals surface area contributed by atoms with Gasteiger partial charge in [-0.3, -0.25) is 4.90 Å². The van der Waals surface area contributed by atoms with Gasteiger partial charge in [0, 0.05) is 32.4 Å². The van der Waals surface area contributed by atoms with Crippen LogP contribution in [-0.4, -0.2) is 58.8 Å². The number of hydrogen-bond acceptors (Lipinski definition) is 5. The quantitative estimate of drug-likeness (QED) is 0.697. The van der Waals surface area contributed by atoms with Gasteiger partial charge in [-0.25, -0.2) is 9.78 Å². The van der Waals surface area contributed by atoms with Crippen molar-refractivity contribution in [1.82, 2.24) is 9.88 Å². The summed E-state index contributed by atoms with van der Waals surface area (Å²) < 4.78 is 0. The van der Waals surface area contributed by atoms with E-state index in [0.29, 0.717) is 0 Å². The van der Waals surface area contributed by atoms with E-state index in [-0.39, 0.29) is 11.3 Å². The van der Waals surface area contributed by atoms with E-state index in [1.807, 2.05) is 18.3 Å². The third-order valence-corrected chi connectivity index (χ3v) is 5.08. The molecule has 1 aliphatic heterocycles. The van der Waals surface area contributed by atoms with Crippen LogP contribution < -0.4 is 4.90 Å². The average Bonchev–Trinajstić information content (AvgIpc) is 2.70. The molecule has 6 heteroatoms. The Bertz CT molecular complexity index is 744. The van der Waals surface area contributed by atoms with Crippen molar-refractivity contribution in [2.45, 2.75) is 25.7 Å². The largest absolute Gasteiger partial charge is 0.507 e. The van der Waals surface area contributed by atoms with E-state index in [1.54, 1.807) is 12.1 Å². The first-order chi connectivity index (χ1) is 13.1. The number of unbranched alkanes of at least 4 members (excludes halogenated alkanes) is 2. The van der Waals surface area contributed by atoms with Crippen LogP contribution in [-0.2, 0) is 6.42 Å². The van der Waals surface area contributed by atoms with Crippen molar-refractivity contribution in [2.75, 3.05) is 37.6 Å². The van der Waals surface area contributed by atoms with Crippen molar-refractivity contribution in [3.63, 3.8) is 0 Å². The summed E-state index contributed by atoms with van der Waals surface area (Å²) in [5.41, 5.74) is 0.951. The number of phenols is 1. The van der Waals surface area contributed by atoms with Crippen LogP contribution in [0.1, 0.15) is 35.2 Å². The van der Waals surface area contributed by atoms with Crippen molar-refractivity contribution in [3.05, 3.63) is 53.7 Å². The molecule has 0 bridgehead atoms. The highest BCUT2D eigenvalue weighted by Gasteiger charge is 2.17. The van der Waals surface area contributed by atoms with Gasteiger partial charge < -0.3 is 15.1 Å². The van der Waals surface area contributed by atoms with E-state index in [9.17, 15) is 9.90 Å². The normalized spacial score (nSPS) is 15.0. The Balaban J connectivity index is 1.33. The molecule has 3 rings (SSSR count). The van der Waals surface area contributed by atoms with Crippen molar-refractivity contribution in [3.8, 4) is 5.75 Å². The number of aromatic carboxylic acids is 1. The van der Waals surface area contributed by atoms with Gasteiger partial charge in [-0.15, -0.1) is 0 Å². The SMILES string of the molecule is O=C(O)c1cc(CCCCCN2CCN(c3ccccn3)CC2)ccc1O. The number of pyridine rings is 1. The Morgan fingerprint density at radius 2 is 1.85 bits per heavy atom. The summed E-state index contributed by atoms with van der Waals surface area (Å²) in [6.45, 7) is 5.27. The molecule has 1 aromatic heterocycles. The fourth-order valence-corrected chi connectivity index (χ4v) is 3.49. The van der Waals surface area contributed by atoms with Crippen LogP contribution >= 0.6 is 0 Å². The van der Waals surface area contributed by atoms with E-state index in [1.165, 1.54) is 6.07 Å². The molecule has 2 aromatic rings. The first-order valence-corrected chi connectivity index (χ1v) is 9.57. The second kappa shape index (κ2) is 9.37. The highest BCUT2D eigenvalue weighted by atomic mass is 16.4. The number of hydrogen-bond donors (Lipinski definition) is 2. The van der Waals surface area contributed by atoms with E-state index in [2.05, 4.69) is 20.9 Å². The number of aryl methyl sites for hydroxylation is 1. The standard InChI is InChI=1S/C21H27N3O3/c25-19-9-8-17(16-18(19)21(26)27)6-2-1-5-11-23-12-14-24(15-13-23)20-7-3-4-10-22-20/h3-4,7-10,16,25H,1-2,5-6,11-15H2,(H,26,27). The number of aromatic hydroxyl groups is 1. The number of carboxylic acids is 1. The first-order valence-electron chi connectivity index (χ1n) is 9.57. The fourth-order valence-electron chi connectivity index (χ4n) is 3.49. The average molecular weight is 369 g/mol. The second-order valence-electron chi connectivity index (χ2n) is 6.98. The summed E-state index contributed by atoms with van der Waals surface area (Å²) in [5, 5.41) is 18.6. The number of benzene rings is 1. The highest BCUT2D eigenvalue weighted by Crippen LogP contribution is 2.20. The lowest BCUT2D eigenvalue weighted by Crippen LogP contribution is -2.46. The lowest BCUT2D eigenvalue weighted by atomic mass is 10.0. The van der Waals surface area contributed by atoms with Gasteiger partial charge in [-0.2, -0.15) is 0 Å². The minimum absolute atomic E-state index is 0.0155. The zero-order valence-electron chi connectivity index (χ0n) is 15.5. The van der Waals surface area contributed by atoms with Crippen LogP contribution in [0.5, 0.6) is 5.75 Å². The lowest BCUT2D eigenvalue weighted by Gasteiger charge is -2.35. The van der Waals surface area contributed by atoms with Gasteiger partial charge in [0.1, 0.15) is 17.1 Å². The fraction of sp³-hybridized carbons (Fsp3) is 0.429. The Hall–Kier alpha value is -2.60. The molecule has 0 radical (unpaired) electrons. The van der Waals surface area contributed by atoms with Gasteiger partial charge in [-0.1, -0.05) is 18.6 Å². The Morgan fingerprint density at radius 3 is 2.56 bits per heavy atom. The van der Waals surface area contributed by atoms with E-state index >= 15 is 0 Å². The van der Waals surface area contributed by atoms with Crippen LogP contribution in [0.25, 0.3) is 0 Å². The molecule has 0 atom stereocenters. The third-order valence-electron chi connectivity index (χ3n) is 5.08. The predicted octanol–water partition coefficient (Wildman–Crippen LogP) is 3.02. The highest BCUT2D eigenvalue weighted by molar-refractivity contribution is 5.90. The molecule has 0 spiro atoms. The molecule has 1 aliphatic rings. The molecule has 1 aromatic carbocycles. The lowest BCUT2D eigenvalue weighted by molar-refractivity contribution is 0.0693. The first kappa shape index (κ1) is 19.2.